The number of ether oxygens (including phenoxy) is 1. The van der Waals surface area contributed by atoms with Crippen LogP contribution in [0.15, 0.2) is 59.7 Å². The van der Waals surface area contributed by atoms with E-state index in [2.05, 4.69) is 48.4 Å². The third kappa shape index (κ3) is 7.13. The van der Waals surface area contributed by atoms with Gasteiger partial charge in [0.05, 0.1) is 33.0 Å². The Morgan fingerprint density at radius 3 is 2.68 bits per heavy atom. The molecule has 3 aromatic rings. The summed E-state index contributed by atoms with van der Waals surface area (Å²) in [5.74, 6) is -3.87. The maximum atomic E-state index is 15.5. The maximum Gasteiger partial charge on any atom is 0.273 e. The quantitative estimate of drug-likeness (QED) is 0.0938. The molecule has 3 heterocycles. The molecule has 4 rings (SSSR count). The molecule has 0 aliphatic carbocycles. The highest BCUT2D eigenvalue weighted by atomic mass is 19.1. The number of aryl methyl sites for hydroxylation is 1. The first-order valence-electron chi connectivity index (χ1n) is 15.0. The van der Waals surface area contributed by atoms with Gasteiger partial charge in [-0.1, -0.05) is 37.6 Å². The van der Waals surface area contributed by atoms with Crippen molar-refractivity contribution in [1.82, 2.24) is 15.3 Å². The molecule has 0 spiro atoms. The number of pyridine rings is 2. The van der Waals surface area contributed by atoms with Crippen molar-refractivity contribution in [2.45, 2.75) is 57.2 Å². The van der Waals surface area contributed by atoms with E-state index in [0.29, 0.717) is 42.3 Å². The molecule has 4 atom stereocenters. The Balaban J connectivity index is 1.46. The summed E-state index contributed by atoms with van der Waals surface area (Å²) in [7, 11) is 4.22. The number of quaternary nitrogens is 1. The number of hydrogen-bond donors (Lipinski definition) is 4. The number of amidine groups is 1. The summed E-state index contributed by atoms with van der Waals surface area (Å²) in [6, 6.07) is 17.0. The maximum absolute atomic E-state index is 15.5. The minimum absolute atomic E-state index is 0.303. The smallest absolute Gasteiger partial charge is 0.273 e. The molecule has 3 unspecified atom stereocenters. The first-order chi connectivity index (χ1) is 20.9. The lowest BCUT2D eigenvalue weighted by atomic mass is 9.84. The normalized spacial score (nSPS) is 22.5. The Hall–Kier alpha value is -4.18. The van der Waals surface area contributed by atoms with Gasteiger partial charge in [0.2, 0.25) is 5.88 Å². The molecule has 1 aliphatic rings. The van der Waals surface area contributed by atoms with Crippen LogP contribution in [0.5, 0.6) is 5.88 Å². The van der Waals surface area contributed by atoms with Crippen LogP contribution in [0.4, 0.5) is 10.2 Å². The Morgan fingerprint density at radius 1 is 1.25 bits per heavy atom. The summed E-state index contributed by atoms with van der Waals surface area (Å²) in [5, 5.41) is 24.0. The molecule has 234 valence electrons. The average molecular weight is 604 g/mol. The van der Waals surface area contributed by atoms with Gasteiger partial charge in [-0.05, 0) is 49.4 Å². The summed E-state index contributed by atoms with van der Waals surface area (Å²) in [4.78, 5) is 14.4. The van der Waals surface area contributed by atoms with Gasteiger partial charge in [0, 0.05) is 29.7 Å². The van der Waals surface area contributed by atoms with E-state index in [0.717, 1.165) is 42.1 Å². The zero-order valence-corrected chi connectivity index (χ0v) is 26.0. The van der Waals surface area contributed by atoms with Crippen LogP contribution in [0.25, 0.3) is 10.8 Å². The van der Waals surface area contributed by atoms with Crippen LogP contribution in [-0.4, -0.2) is 78.0 Å². The second-order valence-electron chi connectivity index (χ2n) is 12.1. The van der Waals surface area contributed by atoms with Crippen molar-refractivity contribution < 1.29 is 13.6 Å². The van der Waals surface area contributed by atoms with E-state index in [4.69, 9.17) is 26.6 Å². The van der Waals surface area contributed by atoms with Crippen LogP contribution in [0.3, 0.4) is 0 Å². The zero-order valence-electron chi connectivity index (χ0n) is 26.0. The van der Waals surface area contributed by atoms with Crippen molar-refractivity contribution in [2.75, 3.05) is 38.7 Å². The van der Waals surface area contributed by atoms with E-state index in [1.807, 2.05) is 31.2 Å². The van der Waals surface area contributed by atoms with Crippen LogP contribution >= 0.6 is 0 Å². The van der Waals surface area contributed by atoms with Gasteiger partial charge in [0.1, 0.15) is 24.8 Å². The van der Waals surface area contributed by atoms with Crippen LogP contribution < -0.4 is 26.4 Å². The third-order valence-corrected chi connectivity index (χ3v) is 8.12. The number of unbranched alkanes of at least 4 members (excludes halogenated alkanes) is 1. The highest BCUT2D eigenvalue weighted by molar-refractivity contribution is 5.99. The number of likely N-dealkylation sites (N-methyl/N-ethyl adjacent to an activating group) is 1. The molecule has 6 N–H and O–H groups in total. The number of nitriles is 1. The molecule has 44 heavy (non-hydrogen) atoms. The van der Waals surface area contributed by atoms with E-state index >= 15 is 4.39 Å². The largest absolute Gasteiger partial charge is 0.471 e. The molecule has 0 saturated carbocycles. The van der Waals surface area contributed by atoms with E-state index in [9.17, 15) is 5.26 Å². The standard InChI is InChI=1S/C32H44FN10O/c1-5-6-12-25-20-24-11-7-8-13-26(24)29(40-25)44-19-18-43(3,4)17-15-23(2)41-31(30(35)36)27(21-34)32(33,37)39-22-42(31)28-14-9-10-16-38-28/h7-11,13-14,16,20,22-23,27,41H,5-6,12,15,17-19,37H2,1-4H3,(H3,35,36)/q+1/t23?,27?,31?,32-/m0/s1. The second-order valence-corrected chi connectivity index (χ2v) is 12.1. The van der Waals surface area contributed by atoms with Crippen LogP contribution in [-0.2, 0) is 6.42 Å². The molecule has 2 aromatic heterocycles. The molecule has 12 heteroatoms. The number of nitrogens with zero attached hydrogens (tertiary/aromatic N) is 6. The van der Waals surface area contributed by atoms with Crippen LogP contribution in [0.2, 0.25) is 0 Å². The zero-order chi connectivity index (χ0) is 32.0. The number of aromatic nitrogens is 2. The van der Waals surface area contributed by atoms with Gasteiger partial charge in [0.15, 0.2) is 11.6 Å². The fraction of sp³-hybridized carbons (Fsp3) is 0.469. The molecule has 11 nitrogen and oxygen atoms in total. The summed E-state index contributed by atoms with van der Waals surface area (Å²) in [6.45, 7) is 5.98. The van der Waals surface area contributed by atoms with E-state index < -0.39 is 23.3 Å². The number of aliphatic imine (C=N–C) groups is 1. The number of alkyl halides is 1. The van der Waals surface area contributed by atoms with Crippen LogP contribution in [0.1, 0.15) is 38.8 Å². The lowest BCUT2D eigenvalue weighted by Crippen LogP contribution is -2.77. The monoisotopic (exact) mass is 603 g/mol. The average Bonchev–Trinajstić information content (AvgIpc) is 2.99. The predicted octanol–water partition coefficient (Wildman–Crippen LogP) is 3.70. The molecule has 0 radical (unpaired) electrons. The minimum atomic E-state index is -2.77. The number of hydrogen-bond acceptors (Lipinski definition) is 9. The number of rotatable bonds is 14. The van der Waals surface area contributed by atoms with E-state index in [-0.39, 0.29) is 6.04 Å². The lowest BCUT2D eigenvalue weighted by molar-refractivity contribution is -0.890. The number of anilines is 1. The van der Waals surface area contributed by atoms with Gasteiger partial charge in [-0.2, -0.15) is 9.65 Å². The molecular weight excluding hydrogens is 559 g/mol. The molecule has 1 aliphatic heterocycles. The number of halogens is 1. The van der Waals surface area contributed by atoms with E-state index in [1.165, 1.54) is 4.90 Å². The fourth-order valence-electron chi connectivity index (χ4n) is 5.49. The molecule has 0 bridgehead atoms. The Bertz CT molecular complexity index is 1510. The number of benzene rings is 1. The summed E-state index contributed by atoms with van der Waals surface area (Å²) < 4.78 is 22.4. The molecule has 1 aromatic carbocycles. The Kier molecular flexibility index (Phi) is 10.1. The molecule has 0 amide bonds. The van der Waals surface area contributed by atoms with Gasteiger partial charge >= 0.3 is 0 Å². The van der Waals surface area contributed by atoms with Crippen LogP contribution in [0, 0.1) is 22.7 Å². The van der Waals surface area contributed by atoms with Crippen molar-refractivity contribution in [1.29, 1.82) is 10.7 Å². The molecule has 0 fully saturated rings. The topological polar surface area (TPSA) is 162 Å². The second kappa shape index (κ2) is 13.6. The van der Waals surface area contributed by atoms with Gasteiger partial charge < -0.3 is 15.0 Å². The molecule has 0 saturated heterocycles. The van der Waals surface area contributed by atoms with E-state index in [1.54, 1.807) is 24.4 Å². The first kappa shape index (κ1) is 32.7. The number of nitrogens with two attached hydrogens (primary N) is 2. The van der Waals surface area contributed by atoms with Gasteiger partial charge in [0.25, 0.3) is 5.92 Å². The fourth-order valence-corrected chi connectivity index (χ4v) is 5.49. The van der Waals surface area contributed by atoms with Crippen molar-refractivity contribution in [3.05, 3.63) is 60.4 Å². The summed E-state index contributed by atoms with van der Waals surface area (Å²) in [5.41, 5.74) is 11.2. The van der Waals surface area contributed by atoms with Gasteiger partial charge in [-0.25, -0.2) is 15.0 Å². The lowest BCUT2D eigenvalue weighted by Gasteiger charge is -2.50. The van der Waals surface area contributed by atoms with Gasteiger partial charge in [-0.3, -0.25) is 21.4 Å². The Labute approximate surface area is 258 Å². The van der Waals surface area contributed by atoms with Crippen molar-refractivity contribution in [2.24, 2.45) is 22.4 Å². The number of nitrogens with one attached hydrogen (secondary N) is 2. The van der Waals surface area contributed by atoms with Crippen molar-refractivity contribution in [3.8, 4) is 11.9 Å². The highest BCUT2D eigenvalue weighted by Gasteiger charge is 2.60. The first-order valence-corrected chi connectivity index (χ1v) is 15.0. The van der Waals surface area contributed by atoms with Gasteiger partial charge in [-0.15, -0.1) is 0 Å². The Morgan fingerprint density at radius 2 is 2.00 bits per heavy atom. The summed E-state index contributed by atoms with van der Waals surface area (Å²) in [6.07, 6.45) is 6.42. The van der Waals surface area contributed by atoms with Crippen molar-refractivity contribution in [3.63, 3.8) is 0 Å². The van der Waals surface area contributed by atoms with Crippen molar-refractivity contribution >= 4 is 28.8 Å². The SMILES string of the molecule is CCCCc1cc2ccccc2c(OCC[N+](C)(C)CCC(C)NC2(C(=N)N)C(C#N)[C@@](N)(F)N=CN2c2ccccn2)n1. The minimum Gasteiger partial charge on any atom is -0.471 e. The molecular formula is C32H44FN10O+. The predicted molar refractivity (Wildman–Crippen MR) is 172 cm³/mol. The third-order valence-electron chi connectivity index (χ3n) is 8.12. The summed E-state index contributed by atoms with van der Waals surface area (Å²) >= 11 is 0. The highest BCUT2D eigenvalue weighted by Crippen LogP contribution is 2.37. The number of fused-ring (bicyclic) bond motifs is 1.